The molecular formula is C27H25Br2N3O3. The Kier molecular flexibility index (Phi) is 8.03. The van der Waals surface area contributed by atoms with Crippen LogP contribution in [-0.4, -0.2) is 23.0 Å². The van der Waals surface area contributed by atoms with Crippen LogP contribution in [0.1, 0.15) is 35.9 Å². The van der Waals surface area contributed by atoms with Crippen LogP contribution in [0.4, 0.5) is 0 Å². The van der Waals surface area contributed by atoms with Crippen molar-refractivity contribution in [1.82, 2.24) is 9.66 Å². The highest BCUT2D eigenvalue weighted by Crippen LogP contribution is 2.37. The highest BCUT2D eigenvalue weighted by Gasteiger charge is 2.13. The maximum Gasteiger partial charge on any atom is 0.282 e. The summed E-state index contributed by atoms with van der Waals surface area (Å²) in [5.74, 6) is 1.79. The molecule has 8 heteroatoms. The van der Waals surface area contributed by atoms with Crippen molar-refractivity contribution in [2.24, 2.45) is 5.10 Å². The third kappa shape index (κ3) is 5.82. The molecule has 0 saturated carbocycles. The molecule has 1 aromatic heterocycles. The molecule has 0 N–H and O–H groups in total. The molecule has 0 atom stereocenters. The monoisotopic (exact) mass is 597 g/mol. The van der Waals surface area contributed by atoms with E-state index in [1.165, 1.54) is 10.2 Å². The molecule has 0 amide bonds. The Morgan fingerprint density at radius 1 is 1.11 bits per heavy atom. The van der Waals surface area contributed by atoms with Crippen molar-refractivity contribution >= 4 is 49.0 Å². The molecule has 0 aliphatic carbocycles. The fourth-order valence-corrected chi connectivity index (χ4v) is 4.67. The lowest BCUT2D eigenvalue weighted by Gasteiger charge is -2.14. The zero-order valence-electron chi connectivity index (χ0n) is 19.7. The van der Waals surface area contributed by atoms with E-state index < -0.39 is 0 Å². The van der Waals surface area contributed by atoms with Gasteiger partial charge in [-0.25, -0.2) is 4.98 Å². The lowest BCUT2D eigenvalue weighted by Crippen LogP contribution is -2.22. The fourth-order valence-electron chi connectivity index (χ4n) is 3.74. The van der Waals surface area contributed by atoms with E-state index in [1.807, 2.05) is 43.3 Å². The molecule has 0 bridgehead atoms. The number of benzene rings is 3. The second-order valence-corrected chi connectivity index (χ2v) is 9.88. The van der Waals surface area contributed by atoms with Crippen LogP contribution in [0.5, 0.6) is 11.5 Å². The van der Waals surface area contributed by atoms with Gasteiger partial charge in [0.2, 0.25) is 0 Å². The average Bonchev–Trinajstić information content (AvgIpc) is 2.83. The molecule has 0 aliphatic heterocycles. The number of aryl methyl sites for hydroxylation is 2. The predicted octanol–water partition coefficient (Wildman–Crippen LogP) is 6.65. The van der Waals surface area contributed by atoms with Crippen molar-refractivity contribution in [2.45, 2.75) is 33.3 Å². The second kappa shape index (κ2) is 11.2. The van der Waals surface area contributed by atoms with Crippen LogP contribution in [0, 0.1) is 6.92 Å². The largest absolute Gasteiger partial charge is 0.493 e. The lowest BCUT2D eigenvalue weighted by atomic mass is 10.1. The van der Waals surface area contributed by atoms with Gasteiger partial charge in [0, 0.05) is 10.9 Å². The SMILES string of the molecule is CCCc1nc2ccc(Br)cc2c(=O)n1N=Cc1cc(Br)c(OCc2cccc(C)c2)c(OC)c1. The predicted molar refractivity (Wildman–Crippen MR) is 147 cm³/mol. The second-order valence-electron chi connectivity index (χ2n) is 8.11. The summed E-state index contributed by atoms with van der Waals surface area (Å²) in [7, 11) is 1.59. The molecule has 0 fully saturated rings. The van der Waals surface area contributed by atoms with Gasteiger partial charge in [-0.2, -0.15) is 9.78 Å². The van der Waals surface area contributed by atoms with Gasteiger partial charge in [-0.1, -0.05) is 52.7 Å². The Labute approximate surface area is 220 Å². The maximum atomic E-state index is 13.2. The van der Waals surface area contributed by atoms with E-state index in [1.54, 1.807) is 19.4 Å². The van der Waals surface area contributed by atoms with Gasteiger partial charge in [0.1, 0.15) is 12.4 Å². The smallest absolute Gasteiger partial charge is 0.282 e. The molecule has 6 nitrogen and oxygen atoms in total. The van der Waals surface area contributed by atoms with E-state index in [4.69, 9.17) is 9.47 Å². The molecule has 0 spiro atoms. The van der Waals surface area contributed by atoms with E-state index in [-0.39, 0.29) is 5.56 Å². The van der Waals surface area contributed by atoms with E-state index in [9.17, 15) is 4.79 Å². The number of nitrogens with zero attached hydrogens (tertiary/aromatic N) is 3. The fraction of sp³-hybridized carbons (Fsp3) is 0.222. The Morgan fingerprint density at radius 2 is 1.94 bits per heavy atom. The Bertz CT molecular complexity index is 1460. The van der Waals surface area contributed by atoms with Crippen LogP contribution in [0.15, 0.2) is 73.4 Å². The molecule has 0 aliphatic rings. The van der Waals surface area contributed by atoms with E-state index in [0.717, 1.165) is 26.5 Å². The van der Waals surface area contributed by atoms with Crippen LogP contribution in [0.2, 0.25) is 0 Å². The number of halogens is 2. The minimum atomic E-state index is -0.208. The van der Waals surface area contributed by atoms with Crippen molar-refractivity contribution in [1.29, 1.82) is 0 Å². The number of methoxy groups -OCH3 is 1. The van der Waals surface area contributed by atoms with E-state index in [0.29, 0.717) is 41.3 Å². The topological polar surface area (TPSA) is 65.7 Å². The Morgan fingerprint density at radius 3 is 2.69 bits per heavy atom. The molecule has 0 radical (unpaired) electrons. The quantitative estimate of drug-likeness (QED) is 0.213. The first-order valence-electron chi connectivity index (χ1n) is 11.2. The maximum absolute atomic E-state index is 13.2. The van der Waals surface area contributed by atoms with E-state index in [2.05, 4.69) is 61.0 Å². The van der Waals surface area contributed by atoms with Crippen molar-refractivity contribution in [2.75, 3.05) is 7.11 Å². The molecular weight excluding hydrogens is 574 g/mol. The van der Waals surface area contributed by atoms with Crippen LogP contribution in [-0.2, 0) is 13.0 Å². The molecule has 3 aromatic carbocycles. The summed E-state index contributed by atoms with van der Waals surface area (Å²) in [6, 6.07) is 17.4. The first-order valence-corrected chi connectivity index (χ1v) is 12.8. The summed E-state index contributed by atoms with van der Waals surface area (Å²) in [5.41, 5.74) is 3.45. The van der Waals surface area contributed by atoms with Gasteiger partial charge in [0.25, 0.3) is 5.56 Å². The van der Waals surface area contributed by atoms with Gasteiger partial charge >= 0.3 is 0 Å². The van der Waals surface area contributed by atoms with E-state index >= 15 is 0 Å². The van der Waals surface area contributed by atoms with Crippen molar-refractivity contribution in [3.05, 3.63) is 96.4 Å². The van der Waals surface area contributed by atoms with Gasteiger partial charge in [0.05, 0.1) is 28.7 Å². The summed E-state index contributed by atoms with van der Waals surface area (Å²) in [4.78, 5) is 17.9. The third-order valence-corrected chi connectivity index (χ3v) is 6.47. The molecule has 180 valence electrons. The minimum absolute atomic E-state index is 0.208. The molecule has 4 rings (SSSR count). The Balaban J connectivity index is 1.67. The highest BCUT2D eigenvalue weighted by atomic mass is 79.9. The van der Waals surface area contributed by atoms with Gasteiger partial charge in [-0.3, -0.25) is 4.79 Å². The van der Waals surface area contributed by atoms with Crippen LogP contribution in [0.3, 0.4) is 0 Å². The zero-order chi connectivity index (χ0) is 24.9. The summed E-state index contributed by atoms with van der Waals surface area (Å²) in [6.07, 6.45) is 3.11. The number of aromatic nitrogens is 2. The zero-order valence-corrected chi connectivity index (χ0v) is 22.9. The number of rotatable bonds is 8. The van der Waals surface area contributed by atoms with Crippen LogP contribution < -0.4 is 15.0 Å². The van der Waals surface area contributed by atoms with Gasteiger partial charge in [-0.05, 0) is 70.7 Å². The third-order valence-electron chi connectivity index (χ3n) is 5.39. The van der Waals surface area contributed by atoms with Gasteiger partial charge in [-0.15, -0.1) is 0 Å². The number of fused-ring (bicyclic) bond motifs is 1. The molecule has 35 heavy (non-hydrogen) atoms. The average molecular weight is 599 g/mol. The lowest BCUT2D eigenvalue weighted by molar-refractivity contribution is 0.282. The number of ether oxygens (including phenoxy) is 2. The standard InChI is InChI=1S/C27H25Br2N3O3/c1-4-6-25-31-23-10-9-20(28)14-21(23)27(33)32(25)30-15-19-12-22(29)26(24(13-19)34-3)35-16-18-8-5-7-17(2)11-18/h5,7-15H,4,6,16H2,1-3H3. The highest BCUT2D eigenvalue weighted by molar-refractivity contribution is 9.10. The first-order chi connectivity index (χ1) is 16.9. The Hall–Kier alpha value is -2.97. The summed E-state index contributed by atoms with van der Waals surface area (Å²) in [5, 5.41) is 5.02. The van der Waals surface area contributed by atoms with Gasteiger partial charge < -0.3 is 9.47 Å². The van der Waals surface area contributed by atoms with Crippen LogP contribution >= 0.6 is 31.9 Å². The van der Waals surface area contributed by atoms with Crippen molar-refractivity contribution in [3.8, 4) is 11.5 Å². The minimum Gasteiger partial charge on any atom is -0.493 e. The number of hydrogen-bond acceptors (Lipinski definition) is 5. The molecule has 0 saturated heterocycles. The molecule has 4 aromatic rings. The molecule has 1 heterocycles. The summed E-state index contributed by atoms with van der Waals surface area (Å²) < 4.78 is 14.6. The molecule has 0 unspecified atom stereocenters. The normalized spacial score (nSPS) is 11.3. The summed E-state index contributed by atoms with van der Waals surface area (Å²) in [6.45, 7) is 4.51. The first kappa shape index (κ1) is 25.1. The number of hydrogen-bond donors (Lipinski definition) is 0. The van der Waals surface area contributed by atoms with Crippen molar-refractivity contribution in [3.63, 3.8) is 0 Å². The van der Waals surface area contributed by atoms with Crippen LogP contribution in [0.25, 0.3) is 10.9 Å². The van der Waals surface area contributed by atoms with Crippen molar-refractivity contribution < 1.29 is 9.47 Å². The summed E-state index contributed by atoms with van der Waals surface area (Å²) >= 11 is 7.03. The van der Waals surface area contributed by atoms with Gasteiger partial charge in [0.15, 0.2) is 11.5 Å².